The summed E-state index contributed by atoms with van der Waals surface area (Å²) in [5, 5.41) is 37.6. The van der Waals surface area contributed by atoms with Crippen LogP contribution in [0.25, 0.3) is 11.8 Å². The highest BCUT2D eigenvalue weighted by Gasteiger charge is 2.68. The van der Waals surface area contributed by atoms with Crippen molar-refractivity contribution in [3.05, 3.63) is 52.9 Å². The number of benzene rings is 1. The number of carbonyl (C=O) groups is 3. The van der Waals surface area contributed by atoms with Gasteiger partial charge in [-0.1, -0.05) is 25.5 Å². The topological polar surface area (TPSA) is 159 Å². The number of hydrogen-bond acceptors (Lipinski definition) is 6. The van der Waals surface area contributed by atoms with E-state index in [2.05, 4.69) is 13.0 Å². The van der Waals surface area contributed by atoms with Crippen LogP contribution in [-0.4, -0.2) is 72.1 Å². The molecule has 3 saturated carbocycles. The second-order valence-corrected chi connectivity index (χ2v) is 14.1. The maximum Gasteiger partial charge on any atom is 0.336 e. The number of allylic oxidation sites excluding steroid dienone is 1. The minimum Gasteiger partial charge on any atom is -0.479 e. The van der Waals surface area contributed by atoms with E-state index in [1.54, 1.807) is 11.0 Å². The molecule has 7 rings (SSSR count). The lowest BCUT2D eigenvalue weighted by atomic mass is 9.45. The largest absolute Gasteiger partial charge is 0.479 e. The molecule has 2 heterocycles. The molecule has 2 aromatic rings. The lowest BCUT2D eigenvalue weighted by Gasteiger charge is -2.60. The van der Waals surface area contributed by atoms with E-state index in [0.29, 0.717) is 31.4 Å². The van der Waals surface area contributed by atoms with Crippen molar-refractivity contribution in [2.24, 2.45) is 34.3 Å². The molecule has 228 valence electrons. The number of aromatic nitrogens is 2. The number of carbonyl (C=O) groups excluding carboxylic acids is 2. The normalized spacial score (nSPS) is 38.0. The summed E-state index contributed by atoms with van der Waals surface area (Å²) in [7, 11) is 0. The number of fused-ring (bicyclic) bond motifs is 6. The van der Waals surface area contributed by atoms with E-state index in [1.807, 2.05) is 36.0 Å². The third-order valence-electron chi connectivity index (χ3n) is 12.1. The van der Waals surface area contributed by atoms with Gasteiger partial charge in [-0.05, 0) is 104 Å². The number of aliphatic hydroxyl groups is 2. The van der Waals surface area contributed by atoms with Gasteiger partial charge in [0.2, 0.25) is 5.91 Å². The number of primary amides is 1. The van der Waals surface area contributed by atoms with E-state index in [4.69, 9.17) is 10.8 Å². The molecule has 1 aromatic heterocycles. The molecular weight excluding hydrogens is 548 g/mol. The lowest BCUT2D eigenvalue weighted by Crippen LogP contribution is -2.61. The Hall–Kier alpha value is -3.50. The molecule has 8 atom stereocenters. The van der Waals surface area contributed by atoms with Crippen LogP contribution >= 0.6 is 0 Å². The molecule has 5 N–H and O–H groups in total. The van der Waals surface area contributed by atoms with Crippen LogP contribution in [0, 0.1) is 28.6 Å². The number of nitrogens with zero attached hydrogens (tertiary/aromatic N) is 3. The molecule has 1 aliphatic heterocycles. The van der Waals surface area contributed by atoms with E-state index in [1.165, 1.54) is 5.57 Å². The van der Waals surface area contributed by atoms with E-state index in [0.717, 1.165) is 36.2 Å². The Morgan fingerprint density at radius 3 is 2.67 bits per heavy atom. The van der Waals surface area contributed by atoms with Gasteiger partial charge in [-0.2, -0.15) is 5.10 Å². The Bertz CT molecular complexity index is 1570. The summed E-state index contributed by atoms with van der Waals surface area (Å²) < 4.78 is 1.86. The van der Waals surface area contributed by atoms with Crippen LogP contribution in [0.5, 0.6) is 0 Å². The minimum atomic E-state index is -1.81. The summed E-state index contributed by atoms with van der Waals surface area (Å²) in [6, 6.07) is 6.72. The van der Waals surface area contributed by atoms with Crippen molar-refractivity contribution in [1.82, 2.24) is 14.7 Å². The number of likely N-dealkylation sites (tertiary alicyclic amines) is 1. The van der Waals surface area contributed by atoms with E-state index < -0.39 is 35.0 Å². The Labute approximate surface area is 250 Å². The summed E-state index contributed by atoms with van der Waals surface area (Å²) in [4.78, 5) is 39.0. The van der Waals surface area contributed by atoms with Crippen molar-refractivity contribution in [1.29, 1.82) is 0 Å². The molecule has 10 heteroatoms. The Kier molecular flexibility index (Phi) is 6.25. The molecule has 0 bridgehead atoms. The smallest absolute Gasteiger partial charge is 0.336 e. The van der Waals surface area contributed by atoms with Gasteiger partial charge in [0.25, 0.3) is 5.91 Å². The first-order chi connectivity index (χ1) is 20.4. The Morgan fingerprint density at radius 1 is 1.14 bits per heavy atom. The zero-order valence-electron chi connectivity index (χ0n) is 24.7. The number of aliphatic hydroxyl groups excluding tert-OH is 1. The number of hydrogen-bond donors (Lipinski definition) is 4. The van der Waals surface area contributed by atoms with Crippen LogP contribution in [0.4, 0.5) is 0 Å². The molecule has 1 saturated heterocycles. The van der Waals surface area contributed by atoms with Gasteiger partial charge < -0.3 is 26.0 Å². The molecule has 10 nitrogen and oxygen atoms in total. The van der Waals surface area contributed by atoms with Crippen molar-refractivity contribution >= 4 is 23.9 Å². The maximum absolute atomic E-state index is 13.4. The van der Waals surface area contributed by atoms with E-state index in [-0.39, 0.29) is 41.9 Å². The van der Waals surface area contributed by atoms with Gasteiger partial charge >= 0.3 is 5.97 Å². The standard InChI is InChI=1S/C33H40N4O6/c1-31-15-19-17-35-37(21-6-3-5-18(13-21)29(40)36-12-4-7-24(36)28(34)39)25(19)14-20(31)8-9-22-23-10-11-33(43,30(41)42)32(23,2)16-26(38)27(22)31/h3,5-6,13-14,17,22-24,26-27,38,43H,4,7-12,15-16H2,1-2H3,(H2,34,39)(H,41,42)/t22-,23-,24+,26-,27+,31-,32-,33-/m0/s1. The average molecular weight is 589 g/mol. The van der Waals surface area contributed by atoms with Gasteiger partial charge in [-0.15, -0.1) is 0 Å². The molecule has 1 aromatic carbocycles. The first-order valence-corrected chi connectivity index (χ1v) is 15.5. The number of carboxylic acids is 1. The highest BCUT2D eigenvalue weighted by molar-refractivity contribution is 5.98. The van der Waals surface area contributed by atoms with Crippen LogP contribution in [-0.2, 0) is 16.0 Å². The summed E-state index contributed by atoms with van der Waals surface area (Å²) in [6.07, 6.45) is 8.17. The molecule has 0 radical (unpaired) electrons. The number of amides is 2. The molecule has 0 spiro atoms. The summed E-state index contributed by atoms with van der Waals surface area (Å²) in [5.74, 6) is -1.76. The van der Waals surface area contributed by atoms with Gasteiger partial charge in [0, 0.05) is 17.5 Å². The molecule has 5 aliphatic rings. The van der Waals surface area contributed by atoms with E-state index in [9.17, 15) is 29.7 Å². The fraction of sp³-hybridized carbons (Fsp3) is 0.576. The fourth-order valence-electron chi connectivity index (χ4n) is 9.99. The number of carboxylic acid groups (broad SMARTS) is 1. The number of aliphatic carboxylic acids is 1. The maximum atomic E-state index is 13.4. The highest BCUT2D eigenvalue weighted by Crippen LogP contribution is 2.67. The zero-order chi connectivity index (χ0) is 30.5. The van der Waals surface area contributed by atoms with E-state index >= 15 is 0 Å². The van der Waals surface area contributed by atoms with Crippen LogP contribution in [0.15, 0.2) is 36.0 Å². The average Bonchev–Trinajstić information content (AvgIpc) is 3.67. The number of rotatable bonds is 4. The van der Waals surface area contributed by atoms with Gasteiger partial charge in [0.05, 0.1) is 23.7 Å². The lowest BCUT2D eigenvalue weighted by molar-refractivity contribution is -0.193. The van der Waals surface area contributed by atoms with Crippen molar-refractivity contribution in [3.63, 3.8) is 0 Å². The third kappa shape index (κ3) is 3.84. The molecule has 4 aliphatic carbocycles. The van der Waals surface area contributed by atoms with Gasteiger partial charge in [-0.25, -0.2) is 9.48 Å². The van der Waals surface area contributed by atoms with Crippen LogP contribution in [0.1, 0.15) is 80.4 Å². The molecule has 43 heavy (non-hydrogen) atoms. The first-order valence-electron chi connectivity index (χ1n) is 15.5. The van der Waals surface area contributed by atoms with Crippen LogP contribution in [0.2, 0.25) is 0 Å². The second-order valence-electron chi connectivity index (χ2n) is 14.1. The van der Waals surface area contributed by atoms with Crippen molar-refractivity contribution in [3.8, 4) is 5.69 Å². The predicted molar refractivity (Wildman–Crippen MR) is 157 cm³/mol. The third-order valence-corrected chi connectivity index (χ3v) is 12.1. The van der Waals surface area contributed by atoms with Gasteiger partial charge in [-0.3, -0.25) is 9.59 Å². The quantitative estimate of drug-likeness (QED) is 0.427. The highest BCUT2D eigenvalue weighted by atomic mass is 16.4. The molecular formula is C33H40N4O6. The Balaban J connectivity index is 1.19. The minimum absolute atomic E-state index is 0.0366. The zero-order valence-corrected chi connectivity index (χ0v) is 24.7. The monoisotopic (exact) mass is 588 g/mol. The summed E-state index contributed by atoms with van der Waals surface area (Å²) in [5.41, 5.74) is 7.07. The van der Waals surface area contributed by atoms with Gasteiger partial charge in [0.1, 0.15) is 6.04 Å². The summed E-state index contributed by atoms with van der Waals surface area (Å²) >= 11 is 0. The molecule has 4 fully saturated rings. The van der Waals surface area contributed by atoms with Gasteiger partial charge in [0.15, 0.2) is 5.60 Å². The Morgan fingerprint density at radius 2 is 1.93 bits per heavy atom. The predicted octanol–water partition coefficient (Wildman–Crippen LogP) is 2.93. The van der Waals surface area contributed by atoms with Crippen molar-refractivity contribution in [2.75, 3.05) is 6.54 Å². The van der Waals surface area contributed by atoms with Crippen LogP contribution < -0.4 is 5.73 Å². The molecule has 0 unspecified atom stereocenters. The van der Waals surface area contributed by atoms with Crippen molar-refractivity contribution < 1.29 is 29.7 Å². The SMILES string of the molecule is C[C@]12Cc3cnn(-c4cccc(C(=O)N5CCC[C@@H]5C(N)=O)c4)c3C=C1CC[C@@H]1[C@@H]2[C@@H](O)C[C@@]2(C)[C@H]1CC[C@]2(O)C(=O)O. The van der Waals surface area contributed by atoms with Crippen LogP contribution in [0.3, 0.4) is 0 Å². The number of nitrogens with two attached hydrogens (primary N) is 1. The second kappa shape index (κ2) is 9.50. The fourth-order valence-corrected chi connectivity index (χ4v) is 9.99. The first kappa shape index (κ1) is 28.3. The van der Waals surface area contributed by atoms with Crippen molar-refractivity contribution in [2.45, 2.75) is 83.0 Å². The molecule has 2 amide bonds. The summed E-state index contributed by atoms with van der Waals surface area (Å²) in [6.45, 7) is 4.60.